The van der Waals surface area contributed by atoms with Crippen LogP contribution >= 0.6 is 0 Å². The maximum Gasteiger partial charge on any atom is 0.249 e. The minimum Gasteiger partial charge on any atom is -0.394 e. The number of ether oxygens (including phenoxy) is 2. The lowest BCUT2D eigenvalue weighted by atomic mass is 9.99. The zero-order chi connectivity index (χ0) is 29.9. The molecule has 8 N–H and O–H groups in total. The lowest BCUT2D eigenvalue weighted by Crippen LogP contribution is -2.60. The van der Waals surface area contributed by atoms with Crippen molar-refractivity contribution in [2.75, 3.05) is 13.2 Å². The predicted octanol–water partition coefficient (Wildman–Crippen LogP) is 1.26. The van der Waals surface area contributed by atoms with Gasteiger partial charge in [0.25, 0.3) is 0 Å². The van der Waals surface area contributed by atoms with E-state index in [9.17, 15) is 40.5 Å². The van der Waals surface area contributed by atoms with Crippen molar-refractivity contribution in [2.45, 2.75) is 165 Å². The van der Waals surface area contributed by atoms with E-state index in [1.54, 1.807) is 0 Å². The van der Waals surface area contributed by atoms with Crippen LogP contribution in [-0.4, -0.2) is 110 Å². The number of amides is 1. The van der Waals surface area contributed by atoms with E-state index in [4.69, 9.17) is 9.47 Å². The number of carbonyl (C=O) groups is 1. The van der Waals surface area contributed by atoms with Crippen LogP contribution in [0.25, 0.3) is 0 Å². The highest BCUT2D eigenvalue weighted by Gasteiger charge is 2.44. The molecule has 0 bridgehead atoms. The molecule has 0 spiro atoms. The van der Waals surface area contributed by atoms with E-state index >= 15 is 0 Å². The molecule has 0 saturated carbocycles. The quantitative estimate of drug-likeness (QED) is 0.0818. The Balaban J connectivity index is 2.55. The average Bonchev–Trinajstić information content (AvgIpc) is 2.95. The smallest absolute Gasteiger partial charge is 0.249 e. The number of aliphatic hydroxyl groups excluding tert-OH is 7. The van der Waals surface area contributed by atoms with Gasteiger partial charge >= 0.3 is 0 Å². The SMILES string of the molecule is CCCCCCCCCCCCCC(O)C(=O)NC(COC1OC(CO)C(O)C(O)C1O)C(O)C(O)CCCC. The fourth-order valence-electron chi connectivity index (χ4n) is 4.89. The van der Waals surface area contributed by atoms with E-state index in [0.29, 0.717) is 12.8 Å². The molecule has 1 saturated heterocycles. The van der Waals surface area contributed by atoms with Gasteiger partial charge in [-0.15, -0.1) is 0 Å². The number of hydrogen-bond acceptors (Lipinski definition) is 10. The van der Waals surface area contributed by atoms with Gasteiger partial charge < -0.3 is 50.5 Å². The van der Waals surface area contributed by atoms with Crippen LogP contribution in [0.1, 0.15) is 110 Å². The standard InChI is InChI=1S/C29H57NO10/c1-3-5-7-8-9-10-11-12-13-14-15-17-22(33)28(38)30-20(24(34)21(32)16-6-4-2)19-39-29-27(37)26(36)25(35)23(18-31)40-29/h20-27,29,31-37H,3-19H2,1-2H3,(H,30,38). The van der Waals surface area contributed by atoms with E-state index in [1.807, 2.05) is 6.92 Å². The molecule has 0 aromatic carbocycles. The Kier molecular flexibility index (Phi) is 20.2. The van der Waals surface area contributed by atoms with Gasteiger partial charge in [0.15, 0.2) is 6.29 Å². The third kappa shape index (κ3) is 13.8. The number of hydrogen-bond donors (Lipinski definition) is 8. The van der Waals surface area contributed by atoms with Crippen LogP contribution in [0.2, 0.25) is 0 Å². The zero-order valence-corrected chi connectivity index (χ0v) is 24.6. The molecule has 9 atom stereocenters. The molecule has 0 aliphatic carbocycles. The van der Waals surface area contributed by atoms with Crippen LogP contribution in [0.4, 0.5) is 0 Å². The molecular weight excluding hydrogens is 522 g/mol. The Bertz CT molecular complexity index is 640. The lowest BCUT2D eigenvalue weighted by Gasteiger charge is -2.40. The molecule has 11 heteroatoms. The summed E-state index contributed by atoms with van der Waals surface area (Å²) in [7, 11) is 0. The Morgan fingerprint density at radius 2 is 1.32 bits per heavy atom. The number of unbranched alkanes of at least 4 members (excludes halogenated alkanes) is 11. The first kappa shape index (κ1) is 37.1. The Morgan fingerprint density at radius 1 is 0.775 bits per heavy atom. The Morgan fingerprint density at radius 3 is 1.88 bits per heavy atom. The molecule has 0 aromatic heterocycles. The van der Waals surface area contributed by atoms with Gasteiger partial charge in [0.05, 0.1) is 25.4 Å². The largest absolute Gasteiger partial charge is 0.394 e. The number of rotatable bonds is 23. The van der Waals surface area contributed by atoms with Crippen molar-refractivity contribution in [1.82, 2.24) is 5.32 Å². The molecule has 40 heavy (non-hydrogen) atoms. The second kappa shape index (κ2) is 21.8. The maximum atomic E-state index is 12.7. The molecule has 11 nitrogen and oxygen atoms in total. The van der Waals surface area contributed by atoms with E-state index in [1.165, 1.54) is 44.9 Å². The van der Waals surface area contributed by atoms with Gasteiger partial charge in [-0.05, 0) is 12.8 Å². The molecule has 0 radical (unpaired) electrons. The normalized spacial score (nSPS) is 26.3. The van der Waals surface area contributed by atoms with Crippen molar-refractivity contribution in [3.63, 3.8) is 0 Å². The highest BCUT2D eigenvalue weighted by Crippen LogP contribution is 2.23. The van der Waals surface area contributed by atoms with Gasteiger partial charge in [0, 0.05) is 0 Å². The third-order valence-corrected chi connectivity index (χ3v) is 7.66. The van der Waals surface area contributed by atoms with Crippen molar-refractivity contribution in [2.24, 2.45) is 0 Å². The Labute approximate surface area is 239 Å². The van der Waals surface area contributed by atoms with Crippen LogP contribution in [0.5, 0.6) is 0 Å². The monoisotopic (exact) mass is 579 g/mol. The number of nitrogens with one attached hydrogen (secondary N) is 1. The zero-order valence-electron chi connectivity index (χ0n) is 24.6. The molecule has 1 fully saturated rings. The van der Waals surface area contributed by atoms with Gasteiger partial charge in [0.2, 0.25) is 5.91 Å². The highest BCUT2D eigenvalue weighted by molar-refractivity contribution is 5.80. The molecule has 1 aliphatic rings. The fourth-order valence-corrected chi connectivity index (χ4v) is 4.89. The maximum absolute atomic E-state index is 12.7. The van der Waals surface area contributed by atoms with Gasteiger partial charge in [0.1, 0.15) is 36.6 Å². The predicted molar refractivity (Wildman–Crippen MR) is 150 cm³/mol. The number of carbonyl (C=O) groups excluding carboxylic acids is 1. The molecule has 1 heterocycles. The summed E-state index contributed by atoms with van der Waals surface area (Å²) >= 11 is 0. The number of aliphatic hydroxyl groups is 7. The first-order valence-corrected chi connectivity index (χ1v) is 15.4. The van der Waals surface area contributed by atoms with Gasteiger partial charge in [-0.3, -0.25) is 4.79 Å². The molecule has 1 amide bonds. The van der Waals surface area contributed by atoms with Crippen molar-refractivity contribution in [1.29, 1.82) is 0 Å². The van der Waals surface area contributed by atoms with Crippen LogP contribution in [0.3, 0.4) is 0 Å². The van der Waals surface area contributed by atoms with Crippen LogP contribution in [-0.2, 0) is 14.3 Å². The molecule has 0 aromatic rings. The summed E-state index contributed by atoms with van der Waals surface area (Å²) in [5.74, 6) is -0.712. The van der Waals surface area contributed by atoms with Crippen LogP contribution in [0, 0.1) is 0 Å². The van der Waals surface area contributed by atoms with E-state index in [0.717, 1.165) is 25.7 Å². The minimum atomic E-state index is -1.65. The molecule has 238 valence electrons. The summed E-state index contributed by atoms with van der Waals surface area (Å²) in [4.78, 5) is 12.7. The van der Waals surface area contributed by atoms with Crippen molar-refractivity contribution in [3.05, 3.63) is 0 Å². The summed E-state index contributed by atoms with van der Waals surface area (Å²) in [6.07, 6.45) is 3.24. The van der Waals surface area contributed by atoms with Crippen molar-refractivity contribution < 1.29 is 50.0 Å². The van der Waals surface area contributed by atoms with Crippen molar-refractivity contribution in [3.8, 4) is 0 Å². The lowest BCUT2D eigenvalue weighted by molar-refractivity contribution is -0.303. The summed E-state index contributed by atoms with van der Waals surface area (Å²) in [6.45, 7) is 3.09. The molecule has 1 aliphatic heterocycles. The topological polar surface area (TPSA) is 189 Å². The summed E-state index contributed by atoms with van der Waals surface area (Å²) in [5, 5.41) is 73.6. The van der Waals surface area contributed by atoms with E-state index in [2.05, 4.69) is 12.2 Å². The molecular formula is C29H57NO10. The van der Waals surface area contributed by atoms with Crippen LogP contribution in [0.15, 0.2) is 0 Å². The van der Waals surface area contributed by atoms with Gasteiger partial charge in [-0.1, -0.05) is 97.3 Å². The summed E-state index contributed by atoms with van der Waals surface area (Å²) < 4.78 is 10.8. The second-order valence-corrected chi connectivity index (χ2v) is 11.2. The van der Waals surface area contributed by atoms with Crippen molar-refractivity contribution >= 4 is 5.91 Å². The second-order valence-electron chi connectivity index (χ2n) is 11.2. The highest BCUT2D eigenvalue weighted by atomic mass is 16.7. The first-order chi connectivity index (χ1) is 19.2. The van der Waals surface area contributed by atoms with E-state index in [-0.39, 0.29) is 12.8 Å². The Hall–Kier alpha value is -0.890. The average molecular weight is 580 g/mol. The molecule has 9 unspecified atom stereocenters. The summed E-state index contributed by atoms with van der Waals surface area (Å²) in [5.41, 5.74) is 0. The van der Waals surface area contributed by atoms with Gasteiger partial charge in [-0.2, -0.15) is 0 Å². The van der Waals surface area contributed by atoms with Gasteiger partial charge in [-0.25, -0.2) is 0 Å². The first-order valence-electron chi connectivity index (χ1n) is 15.4. The molecule has 1 rings (SSSR count). The van der Waals surface area contributed by atoms with Crippen LogP contribution < -0.4 is 5.32 Å². The van der Waals surface area contributed by atoms with E-state index < -0.39 is 74.2 Å². The summed E-state index contributed by atoms with van der Waals surface area (Å²) in [6, 6.07) is -1.15. The minimum absolute atomic E-state index is 0.262. The fraction of sp³-hybridized carbons (Fsp3) is 0.966. The third-order valence-electron chi connectivity index (χ3n) is 7.66.